The number of anilines is 1. The highest BCUT2D eigenvalue weighted by molar-refractivity contribution is 5.95. The summed E-state index contributed by atoms with van der Waals surface area (Å²) in [6.07, 6.45) is 5.26. The van der Waals surface area contributed by atoms with Crippen molar-refractivity contribution in [2.75, 3.05) is 19.3 Å². The molecule has 7 nitrogen and oxygen atoms in total. The van der Waals surface area contributed by atoms with Gasteiger partial charge in [0.2, 0.25) is 5.95 Å². The van der Waals surface area contributed by atoms with Crippen LogP contribution in [0.5, 0.6) is 0 Å². The molecule has 3 rings (SSSR count). The number of nitrogens with zero attached hydrogens (tertiary/aromatic N) is 3. The maximum atomic E-state index is 6.25. The summed E-state index contributed by atoms with van der Waals surface area (Å²) in [5.74, 6) is 0.242. The predicted molar refractivity (Wildman–Crippen MR) is 89.6 cm³/mol. The third-order valence-electron chi connectivity index (χ3n) is 3.38. The van der Waals surface area contributed by atoms with E-state index in [1.165, 1.54) is 0 Å². The number of aromatic amines is 1. The Hall–Kier alpha value is -2.22. The van der Waals surface area contributed by atoms with E-state index in [-0.39, 0.29) is 24.4 Å². The van der Waals surface area contributed by atoms with E-state index < -0.39 is 0 Å². The average molecular weight is 320 g/mol. The van der Waals surface area contributed by atoms with Gasteiger partial charge in [0.05, 0.1) is 5.69 Å². The van der Waals surface area contributed by atoms with Gasteiger partial charge in [-0.25, -0.2) is 15.0 Å². The molecule has 22 heavy (non-hydrogen) atoms. The number of fused-ring (bicyclic) bond motifs is 1. The zero-order valence-electron chi connectivity index (χ0n) is 12.1. The Balaban J connectivity index is 0.00000176. The second-order valence-corrected chi connectivity index (χ2v) is 4.79. The summed E-state index contributed by atoms with van der Waals surface area (Å²) in [4.78, 5) is 15.7. The van der Waals surface area contributed by atoms with Crippen molar-refractivity contribution < 1.29 is 0 Å². The number of H-pyrrole nitrogens is 1. The smallest absolute Gasteiger partial charge is 0.220 e. The highest BCUT2D eigenvalue weighted by atomic mass is 35.5. The molecule has 8 heteroatoms. The minimum atomic E-state index is -0.130. The van der Waals surface area contributed by atoms with Gasteiger partial charge in [0.1, 0.15) is 5.65 Å². The summed E-state index contributed by atoms with van der Waals surface area (Å²) < 4.78 is 0. The van der Waals surface area contributed by atoms with E-state index >= 15 is 0 Å². The first-order valence-corrected chi connectivity index (χ1v) is 6.65. The normalized spacial score (nSPS) is 12.1. The van der Waals surface area contributed by atoms with Crippen molar-refractivity contribution in [3.63, 3.8) is 0 Å². The third kappa shape index (κ3) is 2.87. The van der Waals surface area contributed by atoms with Gasteiger partial charge in [-0.3, -0.25) is 0 Å². The van der Waals surface area contributed by atoms with Crippen molar-refractivity contribution in [2.45, 2.75) is 6.04 Å². The molecule has 116 valence electrons. The van der Waals surface area contributed by atoms with Crippen molar-refractivity contribution in [1.82, 2.24) is 25.3 Å². The molecule has 0 radical (unpaired) electrons. The zero-order chi connectivity index (χ0) is 14.8. The molecule has 1 unspecified atom stereocenters. The van der Waals surface area contributed by atoms with Crippen molar-refractivity contribution in [3.8, 4) is 11.3 Å². The molecule has 0 saturated heterocycles. The van der Waals surface area contributed by atoms with E-state index in [0.29, 0.717) is 6.54 Å². The number of rotatable bonds is 4. The summed E-state index contributed by atoms with van der Waals surface area (Å²) in [6.45, 7) is 0.676. The summed E-state index contributed by atoms with van der Waals surface area (Å²) in [6, 6.07) is 3.63. The van der Waals surface area contributed by atoms with Gasteiger partial charge in [-0.2, -0.15) is 0 Å². The average Bonchev–Trinajstić information content (AvgIpc) is 2.91. The van der Waals surface area contributed by atoms with Crippen LogP contribution in [0.3, 0.4) is 0 Å². The van der Waals surface area contributed by atoms with Gasteiger partial charge in [-0.1, -0.05) is 0 Å². The molecule has 0 aliphatic rings. The zero-order valence-corrected chi connectivity index (χ0v) is 12.9. The molecule has 0 saturated carbocycles. The number of likely N-dealkylation sites (N-methyl/N-ethyl adjacent to an activating group) is 1. The minimum absolute atomic E-state index is 0. The molecule has 3 heterocycles. The van der Waals surface area contributed by atoms with Gasteiger partial charge in [0.25, 0.3) is 0 Å². The molecule has 0 fully saturated rings. The quantitative estimate of drug-likeness (QED) is 0.574. The third-order valence-corrected chi connectivity index (χ3v) is 3.38. The Bertz CT molecular complexity index is 771. The number of hydrogen-bond donors (Lipinski definition) is 4. The Morgan fingerprint density at radius 2 is 2.05 bits per heavy atom. The topological polar surface area (TPSA) is 119 Å². The number of halogens is 1. The van der Waals surface area contributed by atoms with Crippen LogP contribution in [0, 0.1) is 0 Å². The Labute approximate surface area is 134 Å². The van der Waals surface area contributed by atoms with Gasteiger partial charge >= 0.3 is 0 Å². The van der Waals surface area contributed by atoms with Crippen LogP contribution in [0.15, 0.2) is 30.7 Å². The van der Waals surface area contributed by atoms with Crippen molar-refractivity contribution in [1.29, 1.82) is 0 Å². The number of nitrogens with two attached hydrogens (primary N) is 2. The molecular formula is C14H18ClN7. The monoisotopic (exact) mass is 319 g/mol. The summed E-state index contributed by atoms with van der Waals surface area (Å²) >= 11 is 0. The van der Waals surface area contributed by atoms with Gasteiger partial charge in [-0.15, -0.1) is 12.4 Å². The van der Waals surface area contributed by atoms with Crippen LogP contribution in [0.1, 0.15) is 11.6 Å². The van der Waals surface area contributed by atoms with Crippen LogP contribution in [0.2, 0.25) is 0 Å². The van der Waals surface area contributed by atoms with E-state index in [1.807, 2.05) is 25.4 Å². The van der Waals surface area contributed by atoms with Crippen LogP contribution in [-0.2, 0) is 0 Å². The van der Waals surface area contributed by atoms with Crippen molar-refractivity contribution in [2.24, 2.45) is 5.73 Å². The standard InChI is InChI=1S/C14H17N7.ClH/c1-17-7-10(15)8-2-4-18-13-12(8)9(6-20-13)11-3-5-19-14(16)21-11;/h2-6,10,17H,7,15H2,1H3,(H,18,20)(H2,16,19,21);1H. The molecule has 1 atom stereocenters. The summed E-state index contributed by atoms with van der Waals surface area (Å²) in [5.41, 5.74) is 15.4. The molecule has 0 amide bonds. The molecule has 0 aromatic carbocycles. The molecule has 0 aliphatic carbocycles. The fourth-order valence-electron chi connectivity index (χ4n) is 2.45. The van der Waals surface area contributed by atoms with E-state index in [4.69, 9.17) is 11.5 Å². The van der Waals surface area contributed by atoms with Crippen LogP contribution >= 0.6 is 12.4 Å². The molecule has 3 aromatic heterocycles. The lowest BCUT2D eigenvalue weighted by molar-refractivity contribution is 0.657. The second kappa shape index (κ2) is 6.69. The first-order chi connectivity index (χ1) is 10.2. The minimum Gasteiger partial charge on any atom is -0.368 e. The number of hydrogen-bond acceptors (Lipinski definition) is 6. The van der Waals surface area contributed by atoms with Crippen LogP contribution in [0.25, 0.3) is 22.3 Å². The summed E-state index contributed by atoms with van der Waals surface area (Å²) in [5, 5.41) is 4.06. The maximum absolute atomic E-state index is 6.25. The van der Waals surface area contributed by atoms with E-state index in [2.05, 4.69) is 25.3 Å². The second-order valence-electron chi connectivity index (χ2n) is 4.79. The van der Waals surface area contributed by atoms with Crippen LogP contribution in [0.4, 0.5) is 5.95 Å². The Kier molecular flexibility index (Phi) is 4.92. The SMILES string of the molecule is CNCC(N)c1ccnc2[nH]cc(-c3ccnc(N)n3)c12.Cl. The fraction of sp³-hybridized carbons (Fsp3) is 0.214. The molecule has 0 spiro atoms. The molecular weight excluding hydrogens is 302 g/mol. The number of nitrogen functional groups attached to an aromatic ring is 1. The first kappa shape index (κ1) is 16.2. The highest BCUT2D eigenvalue weighted by Gasteiger charge is 2.16. The van der Waals surface area contributed by atoms with Crippen LogP contribution < -0.4 is 16.8 Å². The number of pyridine rings is 1. The lowest BCUT2D eigenvalue weighted by Gasteiger charge is -2.13. The number of aromatic nitrogens is 4. The molecule has 0 bridgehead atoms. The van der Waals surface area contributed by atoms with Gasteiger partial charge in [0.15, 0.2) is 0 Å². The lowest BCUT2D eigenvalue weighted by atomic mass is 10.0. The van der Waals surface area contributed by atoms with Crippen molar-refractivity contribution >= 4 is 29.4 Å². The van der Waals surface area contributed by atoms with Crippen molar-refractivity contribution in [3.05, 3.63) is 36.3 Å². The highest BCUT2D eigenvalue weighted by Crippen LogP contribution is 2.31. The van der Waals surface area contributed by atoms with Gasteiger partial charge in [-0.05, 0) is 24.7 Å². The maximum Gasteiger partial charge on any atom is 0.220 e. The fourth-order valence-corrected chi connectivity index (χ4v) is 2.45. The Morgan fingerprint density at radius 3 is 2.77 bits per heavy atom. The largest absolute Gasteiger partial charge is 0.368 e. The number of nitrogens with one attached hydrogen (secondary N) is 2. The predicted octanol–water partition coefficient (Wildman–Crippen LogP) is 1.24. The van der Waals surface area contributed by atoms with E-state index in [0.717, 1.165) is 27.9 Å². The molecule has 0 aliphatic heterocycles. The lowest BCUT2D eigenvalue weighted by Crippen LogP contribution is -2.24. The van der Waals surface area contributed by atoms with Gasteiger partial charge in [0, 0.05) is 42.1 Å². The van der Waals surface area contributed by atoms with Crippen LogP contribution in [-0.4, -0.2) is 33.5 Å². The van der Waals surface area contributed by atoms with E-state index in [1.54, 1.807) is 12.4 Å². The Morgan fingerprint density at radius 1 is 1.27 bits per heavy atom. The first-order valence-electron chi connectivity index (χ1n) is 6.65. The van der Waals surface area contributed by atoms with Gasteiger partial charge < -0.3 is 21.8 Å². The molecule has 6 N–H and O–H groups in total. The van der Waals surface area contributed by atoms with E-state index in [9.17, 15) is 0 Å². The summed E-state index contributed by atoms with van der Waals surface area (Å²) in [7, 11) is 1.88. The molecule has 3 aromatic rings.